The summed E-state index contributed by atoms with van der Waals surface area (Å²) in [5.74, 6) is 0.619. The third-order valence-electron chi connectivity index (χ3n) is 5.30. The van der Waals surface area contributed by atoms with E-state index in [9.17, 15) is 8.42 Å². The lowest BCUT2D eigenvalue weighted by molar-refractivity contribution is 0.598. The van der Waals surface area contributed by atoms with Crippen LogP contribution >= 0.6 is 0 Å². The molecule has 0 bridgehead atoms. The van der Waals surface area contributed by atoms with Gasteiger partial charge in [0.15, 0.2) is 5.82 Å². The van der Waals surface area contributed by atoms with Crippen molar-refractivity contribution in [1.29, 1.82) is 0 Å². The molecule has 0 aliphatic carbocycles. The van der Waals surface area contributed by atoms with Crippen molar-refractivity contribution >= 4 is 38.8 Å². The third-order valence-corrected chi connectivity index (χ3v) is 6.24. The number of rotatable bonds is 8. The lowest BCUT2D eigenvalue weighted by atomic mass is 10.0. The molecule has 0 saturated heterocycles. The maximum atomic E-state index is 12.0. The van der Waals surface area contributed by atoms with Gasteiger partial charge in [-0.1, -0.05) is 55.1 Å². The monoisotopic (exact) mass is 499 g/mol. The fraction of sp³-hybridized carbons (Fsp3) is 0.0769. The molecule has 0 aliphatic rings. The zero-order valence-corrected chi connectivity index (χ0v) is 20.4. The molecule has 10 heteroatoms. The number of sulfonamides is 1. The number of nitrogens with one attached hydrogen (secondary N) is 1. The molecule has 36 heavy (non-hydrogen) atoms. The van der Waals surface area contributed by atoms with Gasteiger partial charge in [-0.05, 0) is 36.3 Å². The largest absolute Gasteiger partial charge is 0.383 e. The number of pyridine rings is 1. The lowest BCUT2D eigenvalue weighted by Crippen LogP contribution is -2.15. The summed E-state index contributed by atoms with van der Waals surface area (Å²) in [4.78, 5) is 17.6. The van der Waals surface area contributed by atoms with E-state index >= 15 is 0 Å². The number of aromatic nitrogens is 3. The summed E-state index contributed by atoms with van der Waals surface area (Å²) in [6.45, 7) is 5.95. The number of primary sulfonamides is 1. The molecule has 2 aromatic carbocycles. The predicted octanol–water partition coefficient (Wildman–Crippen LogP) is 4.16. The van der Waals surface area contributed by atoms with Crippen LogP contribution in [0.25, 0.3) is 33.4 Å². The first-order valence-electron chi connectivity index (χ1n) is 11.0. The van der Waals surface area contributed by atoms with Crippen LogP contribution in [0.15, 0.2) is 95.1 Å². The van der Waals surface area contributed by atoms with E-state index in [1.807, 2.05) is 55.5 Å². The molecule has 2 heterocycles. The van der Waals surface area contributed by atoms with Gasteiger partial charge in [0.1, 0.15) is 16.5 Å². The molecular formula is C26H25N7O2S. The molecule has 0 atom stereocenters. The van der Waals surface area contributed by atoms with Gasteiger partial charge in [-0.3, -0.25) is 4.99 Å². The van der Waals surface area contributed by atoms with Crippen LogP contribution in [0.3, 0.4) is 0 Å². The predicted molar refractivity (Wildman–Crippen MR) is 145 cm³/mol. The number of nitrogen functional groups attached to an aromatic ring is 1. The van der Waals surface area contributed by atoms with E-state index in [-0.39, 0.29) is 16.5 Å². The van der Waals surface area contributed by atoms with E-state index < -0.39 is 10.0 Å². The molecule has 0 fully saturated rings. The topological polar surface area (TPSA) is 149 Å². The van der Waals surface area contributed by atoms with Gasteiger partial charge in [0, 0.05) is 18.0 Å². The van der Waals surface area contributed by atoms with Gasteiger partial charge < -0.3 is 11.1 Å². The van der Waals surface area contributed by atoms with Crippen LogP contribution in [0.1, 0.15) is 6.92 Å². The Morgan fingerprint density at radius 3 is 2.58 bits per heavy atom. The Bertz CT molecular complexity index is 1600. The summed E-state index contributed by atoms with van der Waals surface area (Å²) in [6, 6.07) is 17.0. The van der Waals surface area contributed by atoms with Crippen LogP contribution < -0.4 is 16.2 Å². The van der Waals surface area contributed by atoms with Gasteiger partial charge in [0.05, 0.1) is 23.1 Å². The quantitative estimate of drug-likeness (QED) is 0.243. The molecule has 5 N–H and O–H groups in total. The standard InChI is InChI=1S/C26H25N7O2S/c1-3-9-19(29-4-2)16-31-26-23-20(17-10-6-5-7-11-17)12-8-13-21(23)32-25(33-26)18-14-22(36(28,34)35)24(27)30-15-18/h3-15H,1,16H2,2H3,(H2,27,30)(H2,28,34,35)(H,31,32,33)/b19-9-,29-4?. The van der Waals surface area contributed by atoms with Crippen molar-refractivity contribution in [3.05, 3.63) is 85.2 Å². The minimum atomic E-state index is -4.08. The second-order valence-electron chi connectivity index (χ2n) is 7.75. The fourth-order valence-electron chi connectivity index (χ4n) is 3.73. The van der Waals surface area contributed by atoms with Crippen molar-refractivity contribution in [2.75, 3.05) is 17.6 Å². The fourth-order valence-corrected chi connectivity index (χ4v) is 4.36. The second-order valence-corrected chi connectivity index (χ2v) is 9.28. The molecule has 0 saturated carbocycles. The van der Waals surface area contributed by atoms with E-state index in [4.69, 9.17) is 20.8 Å². The molecule has 0 spiro atoms. The summed E-state index contributed by atoms with van der Waals surface area (Å²) in [5.41, 5.74) is 9.46. The van der Waals surface area contributed by atoms with Crippen molar-refractivity contribution in [1.82, 2.24) is 15.0 Å². The SMILES string of the molecule is C=C/C=C(/CNc1nc(-c2cnc(N)c(S(N)(=O)=O)c2)nc2cccc(-c3ccccc3)c12)N=CC. The van der Waals surface area contributed by atoms with Gasteiger partial charge in [-0.25, -0.2) is 28.5 Å². The maximum Gasteiger partial charge on any atom is 0.241 e. The number of fused-ring (bicyclic) bond motifs is 1. The first kappa shape index (κ1) is 24.7. The lowest BCUT2D eigenvalue weighted by Gasteiger charge is -2.15. The van der Waals surface area contributed by atoms with Gasteiger partial charge >= 0.3 is 0 Å². The van der Waals surface area contributed by atoms with Gasteiger partial charge in [0.2, 0.25) is 10.0 Å². The molecule has 0 amide bonds. The Morgan fingerprint density at radius 1 is 1.11 bits per heavy atom. The Morgan fingerprint density at radius 2 is 1.89 bits per heavy atom. The average Bonchev–Trinajstić information content (AvgIpc) is 2.87. The van der Waals surface area contributed by atoms with Crippen LogP contribution in [-0.4, -0.2) is 36.1 Å². The molecule has 182 valence electrons. The van der Waals surface area contributed by atoms with Crippen molar-refractivity contribution in [2.45, 2.75) is 11.8 Å². The summed E-state index contributed by atoms with van der Waals surface area (Å²) in [6.07, 6.45) is 6.58. The van der Waals surface area contributed by atoms with Crippen LogP contribution in [0, 0.1) is 0 Å². The Balaban J connectivity index is 1.93. The first-order valence-corrected chi connectivity index (χ1v) is 12.6. The molecule has 4 rings (SSSR count). The molecule has 0 radical (unpaired) electrons. The van der Waals surface area contributed by atoms with Gasteiger partial charge in [-0.2, -0.15) is 0 Å². The molecule has 2 aromatic heterocycles. The van der Waals surface area contributed by atoms with E-state index in [0.29, 0.717) is 23.4 Å². The Kier molecular flexibility index (Phi) is 7.18. The number of nitrogens with two attached hydrogens (primary N) is 2. The molecule has 0 aliphatic heterocycles. The van der Waals surface area contributed by atoms with Crippen LogP contribution in [0.5, 0.6) is 0 Å². The zero-order valence-electron chi connectivity index (χ0n) is 19.6. The van der Waals surface area contributed by atoms with Gasteiger partial charge in [-0.15, -0.1) is 0 Å². The smallest absolute Gasteiger partial charge is 0.241 e. The molecule has 0 unspecified atom stereocenters. The average molecular weight is 500 g/mol. The summed E-state index contributed by atoms with van der Waals surface area (Å²) in [7, 11) is -4.08. The van der Waals surface area contributed by atoms with Gasteiger partial charge in [0.25, 0.3) is 0 Å². The number of hydrogen-bond donors (Lipinski definition) is 3. The van der Waals surface area contributed by atoms with Crippen LogP contribution in [-0.2, 0) is 10.0 Å². The van der Waals surface area contributed by atoms with Crippen molar-refractivity contribution in [3.63, 3.8) is 0 Å². The molecular weight excluding hydrogens is 474 g/mol. The van der Waals surface area contributed by atoms with E-state index in [1.165, 1.54) is 12.3 Å². The van der Waals surface area contributed by atoms with Crippen LogP contribution in [0.2, 0.25) is 0 Å². The van der Waals surface area contributed by atoms with E-state index in [1.54, 1.807) is 18.4 Å². The summed E-state index contributed by atoms with van der Waals surface area (Å²) >= 11 is 0. The highest BCUT2D eigenvalue weighted by Gasteiger charge is 2.18. The highest BCUT2D eigenvalue weighted by molar-refractivity contribution is 7.89. The van der Waals surface area contributed by atoms with Crippen molar-refractivity contribution < 1.29 is 8.42 Å². The van der Waals surface area contributed by atoms with E-state index in [0.717, 1.165) is 22.2 Å². The Labute approximate surface area is 209 Å². The number of nitrogens with zero attached hydrogens (tertiary/aromatic N) is 4. The first-order chi connectivity index (χ1) is 17.3. The number of benzene rings is 2. The van der Waals surface area contributed by atoms with Crippen molar-refractivity contribution in [3.8, 4) is 22.5 Å². The zero-order chi connectivity index (χ0) is 25.7. The third kappa shape index (κ3) is 5.29. The number of anilines is 2. The highest BCUT2D eigenvalue weighted by Crippen LogP contribution is 2.34. The summed E-state index contributed by atoms with van der Waals surface area (Å²) < 4.78 is 24.0. The van der Waals surface area contributed by atoms with E-state index in [2.05, 4.69) is 21.9 Å². The minimum absolute atomic E-state index is 0.191. The maximum absolute atomic E-state index is 12.0. The van der Waals surface area contributed by atoms with Crippen molar-refractivity contribution in [2.24, 2.45) is 10.1 Å². The number of aliphatic imine (C=N–C) groups is 1. The normalized spacial score (nSPS) is 12.2. The number of allylic oxidation sites excluding steroid dienone is 2. The highest BCUT2D eigenvalue weighted by atomic mass is 32.2. The minimum Gasteiger partial charge on any atom is -0.383 e. The van der Waals surface area contributed by atoms with Crippen LogP contribution in [0.4, 0.5) is 11.6 Å². The number of hydrogen-bond acceptors (Lipinski definition) is 8. The molecule has 4 aromatic rings. The summed E-state index contributed by atoms with van der Waals surface area (Å²) in [5, 5.41) is 9.49. The second kappa shape index (κ2) is 10.5. The Hall–Kier alpha value is -4.41. The molecule has 9 nitrogen and oxygen atoms in total.